The zero-order valence-electron chi connectivity index (χ0n) is 10.9. The number of carboxylic acids is 1. The number of carbonyl (C=O) groups is 1. The van der Waals surface area contributed by atoms with Crippen LogP contribution in [-0.4, -0.2) is 28.7 Å². The molecule has 0 aromatic heterocycles. The van der Waals surface area contributed by atoms with Crippen molar-refractivity contribution in [2.75, 3.05) is 6.54 Å². The summed E-state index contributed by atoms with van der Waals surface area (Å²) < 4.78 is 0. The van der Waals surface area contributed by atoms with Crippen molar-refractivity contribution in [2.24, 2.45) is 5.92 Å². The largest absolute Gasteiger partial charge is 0.478 e. The highest BCUT2D eigenvalue weighted by atomic mass is 16.4. The highest BCUT2D eigenvalue weighted by Gasteiger charge is 2.25. The molecule has 100 valence electrons. The van der Waals surface area contributed by atoms with Gasteiger partial charge >= 0.3 is 5.97 Å². The van der Waals surface area contributed by atoms with E-state index in [4.69, 9.17) is 5.11 Å². The molecular weight excluding hydrogens is 228 g/mol. The average molecular weight is 250 g/mol. The molecule has 2 unspecified atom stereocenters. The van der Waals surface area contributed by atoms with Crippen LogP contribution in [0.1, 0.15) is 39.0 Å². The quantitative estimate of drug-likeness (QED) is 0.804. The molecule has 0 aromatic carbocycles. The summed E-state index contributed by atoms with van der Waals surface area (Å²) in [4.78, 5) is 11.0. The van der Waals surface area contributed by atoms with Crippen LogP contribution in [0.4, 0.5) is 0 Å². The van der Waals surface area contributed by atoms with E-state index in [1.165, 1.54) is 32.1 Å². The molecule has 2 atom stereocenters. The van der Waals surface area contributed by atoms with E-state index in [2.05, 4.69) is 12.3 Å². The lowest BCUT2D eigenvalue weighted by Crippen LogP contribution is -2.48. The highest BCUT2D eigenvalue weighted by molar-refractivity contribution is 5.87. The molecule has 2 N–H and O–H groups in total. The molecule has 0 saturated heterocycles. The highest BCUT2D eigenvalue weighted by Crippen LogP contribution is 2.27. The van der Waals surface area contributed by atoms with Gasteiger partial charge in [0, 0.05) is 12.2 Å². The van der Waals surface area contributed by atoms with Crippen molar-refractivity contribution in [2.45, 2.75) is 45.1 Å². The normalized spacial score (nSPS) is 28.1. The smallest absolute Gasteiger partial charge is 0.333 e. The zero-order chi connectivity index (χ0) is 13.0. The van der Waals surface area contributed by atoms with Crippen molar-refractivity contribution in [3.8, 4) is 0 Å². The standard InChI is InChI=1S/C14H22N2O2/c1-2-11-6-3-4-8-13(11)15-16-9-5-7-12(10-16)14(17)18/h5,7,9,11,13,15H,2-4,6,8,10H2,1H3,(H,17,18). The van der Waals surface area contributed by atoms with Gasteiger partial charge in [-0.15, -0.1) is 0 Å². The molecule has 1 fully saturated rings. The third kappa shape index (κ3) is 3.13. The number of nitrogens with zero attached hydrogens (tertiary/aromatic N) is 1. The van der Waals surface area contributed by atoms with Gasteiger partial charge in [-0.2, -0.15) is 0 Å². The first-order valence-electron chi connectivity index (χ1n) is 6.84. The van der Waals surface area contributed by atoms with Gasteiger partial charge in [-0.1, -0.05) is 26.2 Å². The molecule has 1 saturated carbocycles. The number of hydrazine groups is 1. The molecule has 2 rings (SSSR count). The van der Waals surface area contributed by atoms with Gasteiger partial charge in [0.05, 0.1) is 12.1 Å². The van der Waals surface area contributed by atoms with Gasteiger partial charge in [-0.05, 0) is 30.9 Å². The lowest BCUT2D eigenvalue weighted by Gasteiger charge is -2.36. The molecular formula is C14H22N2O2. The minimum atomic E-state index is -0.832. The van der Waals surface area contributed by atoms with Crippen LogP contribution in [0, 0.1) is 5.92 Å². The van der Waals surface area contributed by atoms with E-state index in [1.54, 1.807) is 12.2 Å². The SMILES string of the molecule is CCC1CCCCC1NN1C=CC=C(C(=O)O)C1. The summed E-state index contributed by atoms with van der Waals surface area (Å²) >= 11 is 0. The van der Waals surface area contributed by atoms with Gasteiger partial charge in [0.2, 0.25) is 0 Å². The maximum atomic E-state index is 11.0. The van der Waals surface area contributed by atoms with E-state index in [9.17, 15) is 4.79 Å². The van der Waals surface area contributed by atoms with Crippen LogP contribution in [0.5, 0.6) is 0 Å². The first-order valence-corrected chi connectivity index (χ1v) is 6.84. The summed E-state index contributed by atoms with van der Waals surface area (Å²) in [5, 5.41) is 10.9. The molecule has 0 amide bonds. The van der Waals surface area contributed by atoms with Crippen molar-refractivity contribution in [1.82, 2.24) is 10.4 Å². The first kappa shape index (κ1) is 13.1. The molecule has 4 heteroatoms. The zero-order valence-corrected chi connectivity index (χ0v) is 10.9. The Hall–Kier alpha value is -1.29. The minimum absolute atomic E-state index is 0.439. The molecule has 18 heavy (non-hydrogen) atoms. The second kappa shape index (κ2) is 6.05. The summed E-state index contributed by atoms with van der Waals surface area (Å²) in [5.74, 6) is -0.117. The minimum Gasteiger partial charge on any atom is -0.478 e. The van der Waals surface area contributed by atoms with Crippen molar-refractivity contribution >= 4 is 5.97 Å². The molecule has 4 nitrogen and oxygen atoms in total. The fourth-order valence-corrected chi connectivity index (χ4v) is 2.86. The van der Waals surface area contributed by atoms with Crippen molar-refractivity contribution < 1.29 is 9.90 Å². The number of hydrogen-bond acceptors (Lipinski definition) is 3. The van der Waals surface area contributed by atoms with Crippen molar-refractivity contribution in [3.05, 3.63) is 23.9 Å². The third-order valence-corrected chi connectivity index (χ3v) is 3.94. The van der Waals surface area contributed by atoms with Crippen LogP contribution in [0.2, 0.25) is 0 Å². The number of allylic oxidation sites excluding steroid dienone is 2. The number of rotatable bonds is 4. The van der Waals surface area contributed by atoms with Gasteiger partial charge in [0.25, 0.3) is 0 Å². The van der Waals surface area contributed by atoms with Gasteiger partial charge in [-0.25, -0.2) is 10.2 Å². The van der Waals surface area contributed by atoms with Crippen LogP contribution >= 0.6 is 0 Å². The predicted molar refractivity (Wildman–Crippen MR) is 70.7 cm³/mol. The van der Waals surface area contributed by atoms with Crippen molar-refractivity contribution in [1.29, 1.82) is 0 Å². The number of nitrogens with one attached hydrogen (secondary N) is 1. The fourth-order valence-electron chi connectivity index (χ4n) is 2.86. The molecule has 0 aromatic rings. The Kier molecular flexibility index (Phi) is 4.42. The first-order chi connectivity index (χ1) is 8.70. The summed E-state index contributed by atoms with van der Waals surface area (Å²) in [6.07, 6.45) is 11.6. The van der Waals surface area contributed by atoms with E-state index in [1.807, 2.05) is 11.2 Å². The lowest BCUT2D eigenvalue weighted by atomic mass is 9.83. The Morgan fingerprint density at radius 1 is 1.50 bits per heavy atom. The molecule has 0 bridgehead atoms. The number of carboxylic acid groups (broad SMARTS) is 1. The van der Waals surface area contributed by atoms with E-state index < -0.39 is 5.97 Å². The topological polar surface area (TPSA) is 52.6 Å². The average Bonchev–Trinajstić information content (AvgIpc) is 2.39. The summed E-state index contributed by atoms with van der Waals surface area (Å²) in [5.41, 5.74) is 3.92. The molecule has 0 radical (unpaired) electrons. The number of hydrogen-bond donors (Lipinski definition) is 2. The van der Waals surface area contributed by atoms with E-state index >= 15 is 0 Å². The summed E-state index contributed by atoms with van der Waals surface area (Å²) in [6, 6.07) is 0.488. The van der Waals surface area contributed by atoms with Crippen LogP contribution in [0.25, 0.3) is 0 Å². The van der Waals surface area contributed by atoms with Crippen LogP contribution in [0.3, 0.4) is 0 Å². The van der Waals surface area contributed by atoms with Crippen LogP contribution in [-0.2, 0) is 4.79 Å². The Balaban J connectivity index is 1.92. The lowest BCUT2D eigenvalue weighted by molar-refractivity contribution is -0.133. The van der Waals surface area contributed by atoms with E-state index in [0.717, 1.165) is 0 Å². The molecule has 2 aliphatic rings. The molecule has 1 aliphatic carbocycles. The monoisotopic (exact) mass is 250 g/mol. The number of aliphatic carboxylic acids is 1. The molecule has 1 heterocycles. The van der Waals surface area contributed by atoms with Gasteiger partial charge in [0.15, 0.2) is 0 Å². The Morgan fingerprint density at radius 2 is 2.28 bits per heavy atom. The third-order valence-electron chi connectivity index (χ3n) is 3.94. The van der Waals surface area contributed by atoms with Crippen LogP contribution < -0.4 is 5.43 Å². The maximum Gasteiger partial charge on any atom is 0.333 e. The Bertz CT molecular complexity index is 363. The Morgan fingerprint density at radius 3 is 3.00 bits per heavy atom. The molecule has 0 spiro atoms. The van der Waals surface area contributed by atoms with E-state index in [0.29, 0.717) is 24.1 Å². The van der Waals surface area contributed by atoms with Gasteiger partial charge in [0.1, 0.15) is 0 Å². The second-order valence-electron chi connectivity index (χ2n) is 5.15. The van der Waals surface area contributed by atoms with Crippen molar-refractivity contribution in [3.63, 3.8) is 0 Å². The Labute approximate surface area is 108 Å². The maximum absolute atomic E-state index is 11.0. The predicted octanol–water partition coefficient (Wildman–Crippen LogP) is 2.30. The van der Waals surface area contributed by atoms with Gasteiger partial charge < -0.3 is 10.1 Å². The fraction of sp³-hybridized carbons (Fsp3) is 0.643. The van der Waals surface area contributed by atoms with E-state index in [-0.39, 0.29) is 0 Å². The van der Waals surface area contributed by atoms with Gasteiger partial charge in [-0.3, -0.25) is 0 Å². The summed E-state index contributed by atoms with van der Waals surface area (Å²) in [7, 11) is 0. The summed E-state index contributed by atoms with van der Waals surface area (Å²) in [6.45, 7) is 2.68. The second-order valence-corrected chi connectivity index (χ2v) is 5.15. The molecule has 1 aliphatic heterocycles. The van der Waals surface area contributed by atoms with Crippen LogP contribution in [0.15, 0.2) is 23.9 Å².